The maximum atomic E-state index is 12.2. The molecule has 3 rings (SSSR count). The molecule has 1 aliphatic rings. The zero-order valence-corrected chi connectivity index (χ0v) is 11.5. The third-order valence-corrected chi connectivity index (χ3v) is 5.49. The molecule has 0 bridgehead atoms. The van der Waals surface area contributed by atoms with E-state index in [-0.39, 0.29) is 16.4 Å². The number of benzene rings is 2. The maximum Gasteiger partial charge on any atom is 0.257 e. The number of carbonyl (C=O) groups excluding carboxylic acids is 1. The van der Waals surface area contributed by atoms with E-state index >= 15 is 0 Å². The van der Waals surface area contributed by atoms with Crippen LogP contribution in [0, 0.1) is 0 Å². The summed E-state index contributed by atoms with van der Waals surface area (Å²) in [4.78, 5) is 14.4. The summed E-state index contributed by atoms with van der Waals surface area (Å²) >= 11 is 0. The van der Waals surface area contributed by atoms with Crippen LogP contribution in [0.2, 0.25) is 0 Å². The predicted octanol–water partition coefficient (Wildman–Crippen LogP) is 3.26. The molecule has 0 radical (unpaired) electrons. The molecule has 1 atom stereocenters. The summed E-state index contributed by atoms with van der Waals surface area (Å²) in [5, 5.41) is 3.08. The zero-order chi connectivity index (χ0) is 13.2. The van der Waals surface area contributed by atoms with Gasteiger partial charge in [0.25, 0.3) is 5.91 Å². The summed E-state index contributed by atoms with van der Waals surface area (Å²) in [5.41, 5.74) is 1.92. The Labute approximate surface area is 115 Å². The minimum atomic E-state index is -0.0513. The van der Waals surface area contributed by atoms with Crippen molar-refractivity contribution in [3.8, 4) is 0 Å². The lowest BCUT2D eigenvalue weighted by molar-refractivity contribution is 0.0974. The van der Waals surface area contributed by atoms with E-state index < -0.39 is 0 Å². The van der Waals surface area contributed by atoms with Crippen molar-refractivity contribution in [2.45, 2.75) is 11.8 Å². The highest BCUT2D eigenvalue weighted by Gasteiger charge is 2.23. The molecule has 0 fully saturated rings. The van der Waals surface area contributed by atoms with E-state index in [1.165, 1.54) is 0 Å². The molecule has 0 aromatic heterocycles. The largest absolute Gasteiger partial charge is 0.316 e. The highest BCUT2D eigenvalue weighted by atomic mass is 32.2. The van der Waals surface area contributed by atoms with Crippen LogP contribution in [0.3, 0.4) is 0 Å². The van der Waals surface area contributed by atoms with Crippen LogP contribution in [0.5, 0.6) is 0 Å². The Kier molecular flexibility index (Phi) is 3.22. The average Bonchev–Trinajstić information content (AvgIpc) is 2.48. The highest BCUT2D eigenvalue weighted by Crippen LogP contribution is 2.35. The molecular formula is C16H15NOS. The van der Waals surface area contributed by atoms with Crippen LogP contribution in [-0.4, -0.2) is 16.6 Å². The second-order valence-corrected chi connectivity index (χ2v) is 6.53. The third kappa shape index (κ3) is 2.10. The summed E-state index contributed by atoms with van der Waals surface area (Å²) in [7, 11) is -0.0513. The molecule has 1 unspecified atom stereocenters. The van der Waals surface area contributed by atoms with Crippen molar-refractivity contribution in [1.29, 1.82) is 0 Å². The van der Waals surface area contributed by atoms with Crippen LogP contribution in [0.25, 0.3) is 0 Å². The van der Waals surface area contributed by atoms with Crippen LogP contribution >= 0.6 is 10.5 Å². The van der Waals surface area contributed by atoms with E-state index in [0.717, 1.165) is 26.8 Å². The van der Waals surface area contributed by atoms with Gasteiger partial charge < -0.3 is 5.32 Å². The van der Waals surface area contributed by atoms with E-state index in [9.17, 15) is 4.79 Å². The summed E-state index contributed by atoms with van der Waals surface area (Å²) in [6.45, 7) is 2.17. The Morgan fingerprint density at radius 2 is 1.68 bits per heavy atom. The Morgan fingerprint density at radius 1 is 1.00 bits per heavy atom. The average molecular weight is 269 g/mol. The van der Waals surface area contributed by atoms with Gasteiger partial charge in [0.15, 0.2) is 0 Å². The van der Waals surface area contributed by atoms with Gasteiger partial charge in [-0.3, -0.25) is 4.79 Å². The number of amides is 1. The van der Waals surface area contributed by atoms with Gasteiger partial charge in [0.2, 0.25) is 0 Å². The van der Waals surface area contributed by atoms with Crippen LogP contribution in [0.1, 0.15) is 22.8 Å². The van der Waals surface area contributed by atoms with E-state index in [1.807, 2.05) is 36.4 Å². The summed E-state index contributed by atoms with van der Waals surface area (Å²) in [5.74, 6) is 1.01. The Morgan fingerprint density at radius 3 is 2.42 bits per heavy atom. The third-order valence-electron chi connectivity index (χ3n) is 3.20. The SMILES string of the molecule is CCS1=C(c2ccccc2)NC(=O)c2ccccc21. The molecule has 1 heterocycles. The van der Waals surface area contributed by atoms with Crippen LogP contribution in [0.15, 0.2) is 59.5 Å². The van der Waals surface area contributed by atoms with Crippen molar-refractivity contribution in [3.63, 3.8) is 0 Å². The van der Waals surface area contributed by atoms with Crippen LogP contribution in [0.4, 0.5) is 0 Å². The molecule has 96 valence electrons. The van der Waals surface area contributed by atoms with Gasteiger partial charge in [-0.15, -0.1) is 10.5 Å². The Balaban J connectivity index is 2.23. The molecule has 1 amide bonds. The van der Waals surface area contributed by atoms with Gasteiger partial charge in [0, 0.05) is 10.5 Å². The molecule has 0 spiro atoms. The first kappa shape index (κ1) is 12.2. The molecule has 1 aliphatic heterocycles. The number of rotatable bonds is 2. The summed E-state index contributed by atoms with van der Waals surface area (Å²) in [6, 6.07) is 18.0. The van der Waals surface area contributed by atoms with Crippen molar-refractivity contribution < 1.29 is 4.79 Å². The number of hydrogen-bond acceptors (Lipinski definition) is 1. The van der Waals surface area contributed by atoms with Crippen molar-refractivity contribution >= 4 is 21.4 Å². The van der Waals surface area contributed by atoms with Crippen LogP contribution in [-0.2, 0) is 0 Å². The van der Waals surface area contributed by atoms with E-state index in [2.05, 4.69) is 30.4 Å². The smallest absolute Gasteiger partial charge is 0.257 e. The van der Waals surface area contributed by atoms with Gasteiger partial charge in [-0.25, -0.2) is 0 Å². The maximum absolute atomic E-state index is 12.2. The van der Waals surface area contributed by atoms with Crippen molar-refractivity contribution in [1.82, 2.24) is 5.32 Å². The van der Waals surface area contributed by atoms with Gasteiger partial charge in [-0.05, 0) is 17.9 Å². The molecule has 3 heteroatoms. The van der Waals surface area contributed by atoms with Crippen molar-refractivity contribution in [2.75, 3.05) is 5.75 Å². The number of nitrogens with one attached hydrogen (secondary N) is 1. The number of carbonyl (C=O) groups is 1. The minimum Gasteiger partial charge on any atom is -0.316 e. The first-order valence-corrected chi connectivity index (χ1v) is 7.74. The minimum absolute atomic E-state index is 0.00616. The van der Waals surface area contributed by atoms with Gasteiger partial charge in [0.05, 0.1) is 10.6 Å². The molecule has 19 heavy (non-hydrogen) atoms. The standard InChI is InChI=1S/C16H15NOS/c1-2-19-14-11-7-6-10-13(14)15(18)17-16(19)12-8-4-3-5-9-12/h3-11H,2H2,1H3,(H,17,18). The first-order chi connectivity index (χ1) is 9.31. The predicted molar refractivity (Wildman–Crippen MR) is 80.9 cm³/mol. The molecule has 2 aromatic rings. The molecule has 1 N–H and O–H groups in total. The Hall–Kier alpha value is -1.87. The molecule has 2 aromatic carbocycles. The fourth-order valence-electron chi connectivity index (χ4n) is 2.31. The van der Waals surface area contributed by atoms with Crippen molar-refractivity contribution in [2.24, 2.45) is 0 Å². The zero-order valence-electron chi connectivity index (χ0n) is 10.7. The number of fused-ring (bicyclic) bond motifs is 1. The summed E-state index contributed by atoms with van der Waals surface area (Å²) in [6.07, 6.45) is 0. The lowest BCUT2D eigenvalue weighted by Gasteiger charge is -2.24. The second kappa shape index (κ2) is 5.02. The Bertz CT molecular complexity index is 661. The van der Waals surface area contributed by atoms with E-state index in [1.54, 1.807) is 0 Å². The van der Waals surface area contributed by atoms with Gasteiger partial charge >= 0.3 is 0 Å². The normalized spacial score (nSPS) is 17.8. The van der Waals surface area contributed by atoms with Gasteiger partial charge in [-0.2, -0.15) is 0 Å². The van der Waals surface area contributed by atoms with Crippen LogP contribution < -0.4 is 5.32 Å². The molecule has 2 nitrogen and oxygen atoms in total. The van der Waals surface area contributed by atoms with Gasteiger partial charge in [0.1, 0.15) is 0 Å². The summed E-state index contributed by atoms with van der Waals surface area (Å²) < 4.78 is 0. The lowest BCUT2D eigenvalue weighted by Crippen LogP contribution is -2.35. The van der Waals surface area contributed by atoms with Crippen molar-refractivity contribution in [3.05, 3.63) is 65.7 Å². The molecule has 0 saturated carbocycles. The fourth-order valence-corrected chi connectivity index (χ4v) is 4.44. The molecule has 0 aliphatic carbocycles. The molecule has 0 saturated heterocycles. The van der Waals surface area contributed by atoms with Gasteiger partial charge in [-0.1, -0.05) is 49.4 Å². The highest BCUT2D eigenvalue weighted by molar-refractivity contribution is 8.16. The topological polar surface area (TPSA) is 29.1 Å². The first-order valence-electron chi connectivity index (χ1n) is 6.35. The quantitative estimate of drug-likeness (QED) is 0.833. The lowest BCUT2D eigenvalue weighted by atomic mass is 10.2. The second-order valence-electron chi connectivity index (χ2n) is 4.32. The van der Waals surface area contributed by atoms with E-state index in [4.69, 9.17) is 0 Å². The molecular weight excluding hydrogens is 254 g/mol. The fraction of sp³-hybridized carbons (Fsp3) is 0.125. The van der Waals surface area contributed by atoms with E-state index in [0.29, 0.717) is 0 Å². The monoisotopic (exact) mass is 269 g/mol. The number of hydrogen-bond donors (Lipinski definition) is 1.